The number of nitrogens with zero attached hydrogens (tertiary/aromatic N) is 4. The molecule has 7 atom stereocenters. The lowest BCUT2D eigenvalue weighted by Crippen LogP contribution is -2.75. The molecule has 1 amide bonds. The van der Waals surface area contributed by atoms with Crippen LogP contribution in [0.25, 0.3) is 0 Å². The Balaban J connectivity index is 1.45. The molecule has 8 nitrogen and oxygen atoms in total. The number of amides is 1. The number of anilines is 2. The predicted octanol–water partition coefficient (Wildman–Crippen LogP) is 5.42. The molecule has 242 valence electrons. The van der Waals surface area contributed by atoms with Crippen molar-refractivity contribution in [2.75, 3.05) is 35.1 Å². The maximum absolute atomic E-state index is 14.8. The van der Waals surface area contributed by atoms with Crippen LogP contribution in [-0.2, 0) is 30.4 Å². The van der Waals surface area contributed by atoms with E-state index in [4.69, 9.17) is 4.74 Å². The highest BCUT2D eigenvalue weighted by Gasteiger charge is 2.79. The van der Waals surface area contributed by atoms with Gasteiger partial charge < -0.3 is 14.5 Å². The molecule has 3 fully saturated rings. The van der Waals surface area contributed by atoms with Crippen molar-refractivity contribution < 1.29 is 17.9 Å². The van der Waals surface area contributed by atoms with E-state index in [1.54, 1.807) is 0 Å². The van der Waals surface area contributed by atoms with Gasteiger partial charge in [0.15, 0.2) is 0 Å². The van der Waals surface area contributed by atoms with Gasteiger partial charge in [-0.1, -0.05) is 56.9 Å². The van der Waals surface area contributed by atoms with Crippen LogP contribution in [0.5, 0.6) is 0 Å². The van der Waals surface area contributed by atoms with Crippen LogP contribution in [-0.4, -0.2) is 82.1 Å². The Labute approximate surface area is 269 Å². The number of likely N-dealkylation sites (tertiary alicyclic amines) is 1. The Bertz CT molecular complexity index is 1710. The summed E-state index contributed by atoms with van der Waals surface area (Å²) in [6, 6.07) is 15.6. The number of ether oxygens (including phenoxy) is 1. The number of hydrogen-bond donors (Lipinski definition) is 0. The molecule has 3 saturated heterocycles. The molecule has 10 heteroatoms. The molecule has 2 aromatic rings. The lowest BCUT2D eigenvalue weighted by Gasteiger charge is -2.64. The van der Waals surface area contributed by atoms with Crippen LogP contribution in [0.1, 0.15) is 69.2 Å². The highest BCUT2D eigenvalue weighted by atomic mass is 32.2. The molecule has 0 aliphatic carbocycles. The number of benzene rings is 2. The second-order valence-electron chi connectivity index (χ2n) is 16.1. The van der Waals surface area contributed by atoms with E-state index in [-0.39, 0.29) is 35.6 Å². The topological polar surface area (TPSA) is 76.7 Å². The van der Waals surface area contributed by atoms with Crippen LogP contribution in [0, 0.1) is 0 Å². The summed E-state index contributed by atoms with van der Waals surface area (Å²) in [5, 5.41) is 0. The SMILES string of the molecule is CCCC(=O)N1CC[C@@]23c4ccccc4N(S(=O)(=O)CC[Si](C)(C)C)[C@@H]4N(C)c5cccc6c5[C@@]42CCN([C@@H]13)[C@@H]6[C@H]1OC1(C)C. The number of fused-ring (bicyclic) bond motifs is 1. The molecule has 6 heterocycles. The van der Waals surface area contributed by atoms with Crippen LogP contribution in [0.4, 0.5) is 11.4 Å². The minimum Gasteiger partial charge on any atom is -0.365 e. The fraction of sp³-hybridized carbons (Fsp3) is 0.629. The maximum Gasteiger partial charge on any atom is 0.236 e. The number of hydrogen-bond acceptors (Lipinski definition) is 6. The minimum absolute atomic E-state index is 0.00346. The van der Waals surface area contributed by atoms with E-state index >= 15 is 0 Å². The summed E-state index contributed by atoms with van der Waals surface area (Å²) in [6.07, 6.45) is 2.36. The molecular formula is C35H48N4O4SSi. The molecule has 0 N–H and O–H groups in total. The Morgan fingerprint density at radius 2 is 1.67 bits per heavy atom. The average Bonchev–Trinajstić information content (AvgIpc) is 3.37. The van der Waals surface area contributed by atoms with Gasteiger partial charge in [0.25, 0.3) is 0 Å². The molecule has 45 heavy (non-hydrogen) atoms. The van der Waals surface area contributed by atoms with Gasteiger partial charge in [0, 0.05) is 45.7 Å². The Morgan fingerprint density at radius 3 is 2.36 bits per heavy atom. The number of rotatable bonds is 7. The van der Waals surface area contributed by atoms with Gasteiger partial charge in [0.2, 0.25) is 15.9 Å². The molecule has 6 aliphatic rings. The third-order valence-electron chi connectivity index (χ3n) is 12.1. The van der Waals surface area contributed by atoms with Gasteiger partial charge in [-0.2, -0.15) is 0 Å². The van der Waals surface area contributed by atoms with Crippen molar-refractivity contribution in [3.8, 4) is 0 Å². The highest BCUT2D eigenvalue weighted by molar-refractivity contribution is 7.92. The Hall–Kier alpha value is -2.40. The summed E-state index contributed by atoms with van der Waals surface area (Å²) >= 11 is 0. The van der Waals surface area contributed by atoms with E-state index in [2.05, 4.69) is 92.5 Å². The van der Waals surface area contributed by atoms with Gasteiger partial charge in [0.05, 0.1) is 34.7 Å². The Kier molecular flexibility index (Phi) is 6.23. The van der Waals surface area contributed by atoms with E-state index in [1.165, 1.54) is 11.1 Å². The zero-order valence-corrected chi connectivity index (χ0v) is 29.7. The van der Waals surface area contributed by atoms with Gasteiger partial charge >= 0.3 is 0 Å². The summed E-state index contributed by atoms with van der Waals surface area (Å²) in [6.45, 7) is 14.6. The number of para-hydroxylation sites is 1. The van der Waals surface area contributed by atoms with Gasteiger partial charge in [-0.05, 0) is 68.0 Å². The van der Waals surface area contributed by atoms with Crippen molar-refractivity contribution in [1.82, 2.24) is 9.80 Å². The van der Waals surface area contributed by atoms with E-state index < -0.39 is 35.1 Å². The first kappa shape index (κ1) is 30.0. The molecule has 0 radical (unpaired) electrons. The van der Waals surface area contributed by atoms with Crippen LogP contribution < -0.4 is 9.21 Å². The second kappa shape index (κ2) is 9.36. The van der Waals surface area contributed by atoms with Crippen molar-refractivity contribution in [3.05, 3.63) is 59.2 Å². The lowest BCUT2D eigenvalue weighted by atomic mass is 9.50. The molecule has 6 aliphatic heterocycles. The smallest absolute Gasteiger partial charge is 0.236 e. The van der Waals surface area contributed by atoms with E-state index in [1.807, 2.05) is 16.4 Å². The number of carbonyl (C=O) groups excluding carboxylic acids is 1. The van der Waals surface area contributed by atoms with Crippen molar-refractivity contribution >= 4 is 35.4 Å². The van der Waals surface area contributed by atoms with Crippen LogP contribution in [0.15, 0.2) is 42.5 Å². The van der Waals surface area contributed by atoms with Gasteiger partial charge in [-0.25, -0.2) is 12.7 Å². The standard InChI is InChI=1S/C35H48N4O4SSi/c1-8-12-27(40)37-19-17-34-24-14-9-10-15-25(24)39(44(41,42)21-22-45(5,6)7)31-35(34)18-20-38(32(34)37)29(30-33(2,3)43-30)23-13-11-16-26(28(23)35)36(31)4/h9-11,13-16,29-32H,8,12,17-22H2,1-7H3/t29-,30+,31-,32+,34-,35-/m0/s1. The molecule has 8 rings (SSSR count). The summed E-state index contributed by atoms with van der Waals surface area (Å²) < 4.78 is 38.0. The molecule has 2 spiro atoms. The summed E-state index contributed by atoms with van der Waals surface area (Å²) in [5.74, 6) is 0.352. The van der Waals surface area contributed by atoms with E-state index in [9.17, 15) is 13.2 Å². The van der Waals surface area contributed by atoms with Gasteiger partial charge in [-0.3, -0.25) is 9.69 Å². The van der Waals surface area contributed by atoms with Crippen LogP contribution in [0.3, 0.4) is 0 Å². The minimum atomic E-state index is -3.69. The highest BCUT2D eigenvalue weighted by Crippen LogP contribution is 2.73. The molecule has 0 saturated carbocycles. The molecule has 1 unspecified atom stereocenters. The lowest BCUT2D eigenvalue weighted by molar-refractivity contribution is -0.143. The van der Waals surface area contributed by atoms with Crippen molar-refractivity contribution in [3.63, 3.8) is 0 Å². The van der Waals surface area contributed by atoms with Gasteiger partial charge in [-0.15, -0.1) is 0 Å². The van der Waals surface area contributed by atoms with Crippen molar-refractivity contribution in [2.45, 2.75) is 113 Å². The van der Waals surface area contributed by atoms with E-state index in [0.29, 0.717) is 19.0 Å². The third-order valence-corrected chi connectivity index (χ3v) is 16.0. The number of sulfonamides is 1. The first-order chi connectivity index (χ1) is 21.2. The monoisotopic (exact) mass is 648 g/mol. The second-order valence-corrected chi connectivity index (χ2v) is 23.7. The van der Waals surface area contributed by atoms with Crippen molar-refractivity contribution in [2.24, 2.45) is 0 Å². The fourth-order valence-corrected chi connectivity index (χ4v) is 15.1. The number of piperidine rings is 1. The summed E-state index contributed by atoms with van der Waals surface area (Å²) in [4.78, 5) is 21.2. The Morgan fingerprint density at radius 1 is 0.978 bits per heavy atom. The maximum atomic E-state index is 14.8. The molecular weight excluding hydrogens is 601 g/mol. The number of epoxide rings is 1. The molecule has 2 bridgehead atoms. The molecule has 0 aromatic heterocycles. The zero-order valence-electron chi connectivity index (χ0n) is 27.8. The average molecular weight is 649 g/mol. The summed E-state index contributed by atoms with van der Waals surface area (Å²) in [5.41, 5.74) is 4.30. The first-order valence-electron chi connectivity index (χ1n) is 16.9. The van der Waals surface area contributed by atoms with Crippen LogP contribution >= 0.6 is 0 Å². The van der Waals surface area contributed by atoms with E-state index in [0.717, 1.165) is 42.7 Å². The summed E-state index contributed by atoms with van der Waals surface area (Å²) in [7, 11) is -3.22. The van der Waals surface area contributed by atoms with Gasteiger partial charge in [0.1, 0.15) is 12.3 Å². The first-order valence-corrected chi connectivity index (χ1v) is 22.2. The number of likely N-dealkylation sites (N-methyl/N-ethyl adjacent to an activating group) is 1. The van der Waals surface area contributed by atoms with Crippen LogP contribution in [0.2, 0.25) is 25.7 Å². The largest absolute Gasteiger partial charge is 0.365 e. The third kappa shape index (κ3) is 3.71. The zero-order chi connectivity index (χ0) is 31.9. The molecule has 2 aromatic carbocycles. The fourth-order valence-electron chi connectivity index (χ4n) is 10.3. The quantitative estimate of drug-likeness (QED) is 0.295. The number of carbonyl (C=O) groups is 1. The normalized spacial score (nSPS) is 35.2. The predicted molar refractivity (Wildman–Crippen MR) is 181 cm³/mol. The van der Waals surface area contributed by atoms with Crippen molar-refractivity contribution in [1.29, 1.82) is 0 Å².